The second-order valence-corrected chi connectivity index (χ2v) is 3.99. The molecule has 0 atom stereocenters. The van der Waals surface area contributed by atoms with Gasteiger partial charge in [-0.1, -0.05) is 13.0 Å². The lowest BCUT2D eigenvalue weighted by molar-refractivity contribution is -0.136. The van der Waals surface area contributed by atoms with Crippen LogP contribution in [0.5, 0.6) is 11.5 Å². The number of hydrogen-bond acceptors (Lipinski definition) is 4. The van der Waals surface area contributed by atoms with Gasteiger partial charge < -0.3 is 14.7 Å². The zero-order valence-corrected chi connectivity index (χ0v) is 9.87. The average molecular weight is 264 g/mol. The van der Waals surface area contributed by atoms with Crippen LogP contribution < -0.4 is 4.52 Å². The summed E-state index contributed by atoms with van der Waals surface area (Å²) in [6, 6.07) is 5.23. The highest BCUT2D eigenvalue weighted by Crippen LogP contribution is 2.38. The monoisotopic (exact) mass is 264 g/mol. The first-order chi connectivity index (χ1) is 7.74. The average Bonchev–Trinajstić information content (AvgIpc) is 2.15. The molecule has 0 aliphatic heterocycles. The van der Waals surface area contributed by atoms with E-state index in [9.17, 15) is 9.36 Å². The summed E-state index contributed by atoms with van der Waals surface area (Å²) in [5.41, 5.74) is 0. The molecule has 1 aromatic rings. The summed E-state index contributed by atoms with van der Waals surface area (Å²) < 4.78 is 14.5. The van der Waals surface area contributed by atoms with Crippen LogP contribution in [0.15, 0.2) is 24.3 Å². The molecule has 0 heterocycles. The van der Waals surface area contributed by atoms with Gasteiger partial charge in [0.1, 0.15) is 11.5 Å². The number of benzene rings is 1. The standard InChI is InChI=1S/C6H7O5P.C3H6O2/c7-5-2-1-3-6(4-5)11-12(8,9)10;1-2-3(4)5/h1-4,7H,(H2,8,9,10);2H2,1H3,(H,4,5). The van der Waals surface area contributed by atoms with E-state index in [0.717, 1.165) is 6.07 Å². The van der Waals surface area contributed by atoms with E-state index in [1.807, 2.05) is 0 Å². The number of aliphatic carboxylic acids is 1. The lowest BCUT2D eigenvalue weighted by Crippen LogP contribution is -1.89. The third-order valence-electron chi connectivity index (χ3n) is 1.34. The van der Waals surface area contributed by atoms with Gasteiger partial charge in [-0.05, 0) is 12.1 Å². The van der Waals surface area contributed by atoms with Gasteiger partial charge in [-0.15, -0.1) is 0 Å². The van der Waals surface area contributed by atoms with Crippen molar-refractivity contribution in [2.45, 2.75) is 13.3 Å². The summed E-state index contributed by atoms with van der Waals surface area (Å²) in [6.45, 7) is 1.60. The van der Waals surface area contributed by atoms with Crippen LogP contribution in [0.3, 0.4) is 0 Å². The van der Waals surface area contributed by atoms with Crippen molar-refractivity contribution >= 4 is 13.8 Å². The van der Waals surface area contributed by atoms with Gasteiger partial charge in [0, 0.05) is 12.5 Å². The zero-order valence-electron chi connectivity index (χ0n) is 8.98. The summed E-state index contributed by atoms with van der Waals surface area (Å²) in [4.78, 5) is 26.1. The van der Waals surface area contributed by atoms with Crippen molar-refractivity contribution < 1.29 is 33.9 Å². The Balaban J connectivity index is 0.000000437. The Kier molecular flexibility index (Phi) is 6.27. The topological polar surface area (TPSA) is 124 Å². The van der Waals surface area contributed by atoms with Crippen LogP contribution in [0, 0.1) is 0 Å². The number of phosphoric acid groups is 1. The minimum atomic E-state index is -4.52. The van der Waals surface area contributed by atoms with E-state index < -0.39 is 13.8 Å². The third-order valence-corrected chi connectivity index (χ3v) is 1.79. The predicted octanol–water partition coefficient (Wildman–Crippen LogP) is 1.34. The van der Waals surface area contributed by atoms with Crippen LogP contribution in [0.25, 0.3) is 0 Å². The molecule has 8 heteroatoms. The first kappa shape index (κ1) is 15.4. The molecule has 0 unspecified atom stereocenters. The first-order valence-electron chi connectivity index (χ1n) is 4.50. The largest absolute Gasteiger partial charge is 0.524 e. The molecule has 7 nitrogen and oxygen atoms in total. The summed E-state index contributed by atoms with van der Waals surface area (Å²) in [5.74, 6) is -0.922. The van der Waals surface area contributed by atoms with E-state index in [-0.39, 0.29) is 17.9 Å². The molecule has 0 saturated carbocycles. The number of hydrogen-bond donors (Lipinski definition) is 4. The molecular formula is C9H13O7P. The van der Waals surface area contributed by atoms with Gasteiger partial charge in [-0.3, -0.25) is 14.6 Å². The fraction of sp³-hybridized carbons (Fsp3) is 0.222. The zero-order chi connectivity index (χ0) is 13.5. The number of aromatic hydroxyl groups is 1. The van der Waals surface area contributed by atoms with E-state index in [1.165, 1.54) is 18.2 Å². The fourth-order valence-corrected chi connectivity index (χ4v) is 1.07. The molecule has 0 aliphatic rings. The minimum absolute atomic E-state index is 0.0664. The van der Waals surface area contributed by atoms with Gasteiger partial charge in [0.15, 0.2) is 0 Å². The Morgan fingerprint density at radius 1 is 1.41 bits per heavy atom. The van der Waals surface area contributed by atoms with Gasteiger partial charge in [0.05, 0.1) is 0 Å². The van der Waals surface area contributed by atoms with Gasteiger partial charge in [0.2, 0.25) is 0 Å². The van der Waals surface area contributed by atoms with Crippen molar-refractivity contribution in [3.05, 3.63) is 24.3 Å². The normalized spacial score (nSPS) is 10.1. The Labute approximate surface area is 97.5 Å². The molecule has 0 amide bonds. The molecule has 0 aromatic heterocycles. The molecular weight excluding hydrogens is 251 g/mol. The molecule has 0 spiro atoms. The van der Waals surface area contributed by atoms with E-state index in [2.05, 4.69) is 4.52 Å². The second kappa shape index (κ2) is 6.90. The quantitative estimate of drug-likeness (QED) is 0.607. The van der Waals surface area contributed by atoms with Crippen LogP contribution >= 0.6 is 7.82 Å². The number of carboxylic acids is 1. The number of phosphoric ester groups is 1. The Morgan fingerprint density at radius 3 is 2.29 bits per heavy atom. The van der Waals surface area contributed by atoms with Crippen molar-refractivity contribution in [2.24, 2.45) is 0 Å². The Bertz CT molecular complexity index is 412. The predicted molar refractivity (Wildman–Crippen MR) is 58.7 cm³/mol. The molecule has 0 fully saturated rings. The molecule has 17 heavy (non-hydrogen) atoms. The Morgan fingerprint density at radius 2 is 1.94 bits per heavy atom. The van der Waals surface area contributed by atoms with Crippen LogP contribution in [0.2, 0.25) is 0 Å². The van der Waals surface area contributed by atoms with Crippen LogP contribution in [0.4, 0.5) is 0 Å². The maximum absolute atomic E-state index is 10.3. The molecule has 96 valence electrons. The van der Waals surface area contributed by atoms with Crippen molar-refractivity contribution in [3.63, 3.8) is 0 Å². The summed E-state index contributed by atoms with van der Waals surface area (Å²) in [5, 5.41) is 16.6. The number of carbonyl (C=O) groups is 1. The number of phenolic OH excluding ortho intramolecular Hbond substituents is 1. The van der Waals surface area contributed by atoms with Crippen molar-refractivity contribution in [2.75, 3.05) is 0 Å². The Hall–Kier alpha value is -1.56. The number of rotatable bonds is 3. The van der Waals surface area contributed by atoms with Crippen LogP contribution in [-0.2, 0) is 9.36 Å². The van der Waals surface area contributed by atoms with Crippen LogP contribution in [-0.4, -0.2) is 26.0 Å². The summed E-state index contributed by atoms with van der Waals surface area (Å²) >= 11 is 0. The molecule has 4 N–H and O–H groups in total. The summed E-state index contributed by atoms with van der Waals surface area (Å²) in [7, 11) is -4.52. The van der Waals surface area contributed by atoms with Gasteiger partial charge in [-0.2, -0.15) is 0 Å². The SMILES string of the molecule is CCC(=O)O.O=P(O)(O)Oc1cccc(O)c1. The van der Waals surface area contributed by atoms with Gasteiger partial charge >= 0.3 is 13.8 Å². The molecule has 1 rings (SSSR count). The van der Waals surface area contributed by atoms with E-state index in [4.69, 9.17) is 20.0 Å². The number of phenols is 1. The lowest BCUT2D eigenvalue weighted by Gasteiger charge is -2.05. The van der Waals surface area contributed by atoms with E-state index in [1.54, 1.807) is 6.92 Å². The third kappa shape index (κ3) is 9.37. The second-order valence-electron chi connectivity index (χ2n) is 2.83. The molecule has 0 radical (unpaired) electrons. The first-order valence-corrected chi connectivity index (χ1v) is 6.03. The highest BCUT2D eigenvalue weighted by atomic mass is 31.2. The van der Waals surface area contributed by atoms with Gasteiger partial charge in [0.25, 0.3) is 0 Å². The van der Waals surface area contributed by atoms with Gasteiger partial charge in [-0.25, -0.2) is 4.57 Å². The fourth-order valence-electron chi connectivity index (χ4n) is 0.678. The minimum Gasteiger partial charge on any atom is -0.508 e. The highest BCUT2D eigenvalue weighted by Gasteiger charge is 2.15. The van der Waals surface area contributed by atoms with E-state index >= 15 is 0 Å². The number of carboxylic acid groups (broad SMARTS) is 1. The lowest BCUT2D eigenvalue weighted by atomic mass is 10.3. The maximum atomic E-state index is 10.3. The molecule has 0 aliphatic carbocycles. The molecule has 0 saturated heterocycles. The van der Waals surface area contributed by atoms with Crippen LogP contribution in [0.1, 0.15) is 13.3 Å². The van der Waals surface area contributed by atoms with Crippen molar-refractivity contribution in [1.29, 1.82) is 0 Å². The highest BCUT2D eigenvalue weighted by molar-refractivity contribution is 7.46. The summed E-state index contributed by atoms with van der Waals surface area (Å²) in [6.07, 6.45) is 0.222. The molecule has 0 bridgehead atoms. The smallest absolute Gasteiger partial charge is 0.508 e. The van der Waals surface area contributed by atoms with Crippen molar-refractivity contribution in [3.8, 4) is 11.5 Å². The maximum Gasteiger partial charge on any atom is 0.524 e. The molecule has 1 aromatic carbocycles. The van der Waals surface area contributed by atoms with Crippen molar-refractivity contribution in [1.82, 2.24) is 0 Å². The van der Waals surface area contributed by atoms with E-state index in [0.29, 0.717) is 0 Å².